The van der Waals surface area contributed by atoms with E-state index in [1.807, 2.05) is 0 Å². The minimum absolute atomic E-state index is 0.364. The molecule has 2 aliphatic heterocycles. The number of nitrogens with one attached hydrogen (secondary N) is 1. The zero-order valence-corrected chi connectivity index (χ0v) is 10.8. The van der Waals surface area contributed by atoms with Gasteiger partial charge in [0.05, 0.1) is 12.7 Å². The molecule has 98 valence electrons. The molecule has 2 unspecified atom stereocenters. The maximum absolute atomic E-state index is 5.93. The van der Waals surface area contributed by atoms with Crippen LogP contribution in [0.4, 0.5) is 0 Å². The highest BCUT2D eigenvalue weighted by atomic mass is 16.5. The highest BCUT2D eigenvalue weighted by molar-refractivity contribution is 5.14. The first-order valence-electron chi connectivity index (χ1n) is 7.02. The molecule has 2 atom stereocenters. The van der Waals surface area contributed by atoms with Crippen LogP contribution in [0.25, 0.3) is 0 Å². The lowest BCUT2D eigenvalue weighted by atomic mass is 10.2. The van der Waals surface area contributed by atoms with Crippen LogP contribution < -0.4 is 5.32 Å². The molecule has 0 saturated carbocycles. The summed E-state index contributed by atoms with van der Waals surface area (Å²) < 4.78 is 5.93. The molecule has 0 radical (unpaired) electrons. The Morgan fingerprint density at radius 2 is 2.17 bits per heavy atom. The maximum atomic E-state index is 5.93. The van der Waals surface area contributed by atoms with E-state index in [4.69, 9.17) is 4.74 Å². The quantitative estimate of drug-likeness (QED) is 0.874. The Balaban J connectivity index is 1.41. The number of nitrogens with zero attached hydrogens (tertiary/aromatic N) is 1. The maximum Gasteiger partial charge on any atom is 0.0827 e. The van der Waals surface area contributed by atoms with Gasteiger partial charge in [-0.25, -0.2) is 0 Å². The van der Waals surface area contributed by atoms with E-state index in [0.717, 1.165) is 26.2 Å². The zero-order valence-electron chi connectivity index (χ0n) is 10.8. The molecule has 0 bridgehead atoms. The number of rotatable bonds is 4. The predicted octanol–water partition coefficient (Wildman–Crippen LogP) is 1.64. The van der Waals surface area contributed by atoms with Gasteiger partial charge >= 0.3 is 0 Å². The lowest BCUT2D eigenvalue weighted by molar-refractivity contribution is -0.0470. The van der Waals surface area contributed by atoms with Gasteiger partial charge in [-0.05, 0) is 24.9 Å². The van der Waals surface area contributed by atoms with Gasteiger partial charge in [-0.1, -0.05) is 30.3 Å². The van der Waals surface area contributed by atoms with E-state index in [1.165, 1.54) is 24.9 Å². The van der Waals surface area contributed by atoms with Crippen LogP contribution in [-0.2, 0) is 11.3 Å². The average molecular weight is 246 g/mol. The topological polar surface area (TPSA) is 24.5 Å². The predicted molar refractivity (Wildman–Crippen MR) is 72.5 cm³/mol. The van der Waals surface area contributed by atoms with Crippen molar-refractivity contribution in [2.24, 2.45) is 0 Å². The summed E-state index contributed by atoms with van der Waals surface area (Å²) in [4.78, 5) is 2.60. The molecule has 3 nitrogen and oxygen atoms in total. The van der Waals surface area contributed by atoms with Crippen molar-refractivity contribution in [2.75, 3.05) is 26.2 Å². The molecule has 0 aromatic heterocycles. The number of benzene rings is 1. The molecule has 2 aliphatic rings. The molecule has 2 saturated heterocycles. The van der Waals surface area contributed by atoms with Gasteiger partial charge in [0.15, 0.2) is 0 Å². The van der Waals surface area contributed by atoms with E-state index in [2.05, 4.69) is 40.5 Å². The largest absolute Gasteiger partial charge is 0.374 e. The number of hydrogen-bond donors (Lipinski definition) is 1. The van der Waals surface area contributed by atoms with Crippen molar-refractivity contribution in [3.05, 3.63) is 35.9 Å². The Morgan fingerprint density at radius 3 is 3.06 bits per heavy atom. The second-order valence-corrected chi connectivity index (χ2v) is 5.36. The van der Waals surface area contributed by atoms with Crippen molar-refractivity contribution >= 4 is 0 Å². The Bertz CT molecular complexity index is 368. The molecule has 3 rings (SSSR count). The molecule has 0 aliphatic carbocycles. The molecule has 0 spiro atoms. The van der Waals surface area contributed by atoms with Crippen LogP contribution in [-0.4, -0.2) is 43.3 Å². The van der Waals surface area contributed by atoms with Crippen molar-refractivity contribution in [1.82, 2.24) is 10.2 Å². The van der Waals surface area contributed by atoms with Gasteiger partial charge < -0.3 is 10.1 Å². The third kappa shape index (κ3) is 2.91. The SMILES string of the molecule is c1ccc(CNCC2CN3CCCC3CO2)cc1. The standard InChI is InChI=1S/C15H22N2O/c1-2-5-13(6-3-1)9-16-10-15-11-17-8-4-7-14(17)12-18-15/h1-3,5-6,14-16H,4,7-12H2. The smallest absolute Gasteiger partial charge is 0.0827 e. The molecule has 1 aromatic carbocycles. The van der Waals surface area contributed by atoms with Crippen LogP contribution in [0.2, 0.25) is 0 Å². The molecule has 1 N–H and O–H groups in total. The Hall–Kier alpha value is -0.900. The first-order chi connectivity index (χ1) is 8.92. The zero-order chi connectivity index (χ0) is 12.2. The van der Waals surface area contributed by atoms with Gasteiger partial charge in [-0.15, -0.1) is 0 Å². The van der Waals surface area contributed by atoms with Crippen molar-refractivity contribution in [3.63, 3.8) is 0 Å². The Morgan fingerprint density at radius 1 is 1.28 bits per heavy atom. The van der Waals surface area contributed by atoms with Crippen LogP contribution >= 0.6 is 0 Å². The van der Waals surface area contributed by atoms with Gasteiger partial charge in [-0.2, -0.15) is 0 Å². The number of fused-ring (bicyclic) bond motifs is 1. The second-order valence-electron chi connectivity index (χ2n) is 5.36. The van der Waals surface area contributed by atoms with E-state index in [-0.39, 0.29) is 0 Å². The van der Waals surface area contributed by atoms with E-state index >= 15 is 0 Å². The molecule has 2 heterocycles. The van der Waals surface area contributed by atoms with Crippen molar-refractivity contribution < 1.29 is 4.74 Å². The van der Waals surface area contributed by atoms with E-state index < -0.39 is 0 Å². The number of ether oxygens (including phenoxy) is 1. The monoisotopic (exact) mass is 246 g/mol. The third-order valence-corrected chi connectivity index (χ3v) is 4.01. The minimum atomic E-state index is 0.364. The summed E-state index contributed by atoms with van der Waals surface area (Å²) in [5.74, 6) is 0. The van der Waals surface area contributed by atoms with Gasteiger partial charge in [0, 0.05) is 25.7 Å². The molecule has 1 aromatic rings. The lowest BCUT2D eigenvalue weighted by Crippen LogP contribution is -2.49. The molecule has 0 amide bonds. The van der Waals surface area contributed by atoms with Crippen molar-refractivity contribution in [3.8, 4) is 0 Å². The first kappa shape index (κ1) is 12.2. The van der Waals surface area contributed by atoms with E-state index in [0.29, 0.717) is 12.1 Å². The van der Waals surface area contributed by atoms with E-state index in [9.17, 15) is 0 Å². The summed E-state index contributed by atoms with van der Waals surface area (Å²) >= 11 is 0. The van der Waals surface area contributed by atoms with Crippen LogP contribution in [0.5, 0.6) is 0 Å². The van der Waals surface area contributed by atoms with Crippen LogP contribution in [0.15, 0.2) is 30.3 Å². The highest BCUT2D eigenvalue weighted by Crippen LogP contribution is 2.22. The lowest BCUT2D eigenvalue weighted by Gasteiger charge is -2.35. The molecular weight excluding hydrogens is 224 g/mol. The van der Waals surface area contributed by atoms with Gasteiger partial charge in [0.1, 0.15) is 0 Å². The van der Waals surface area contributed by atoms with Gasteiger partial charge in [0.2, 0.25) is 0 Å². The number of morpholine rings is 1. The van der Waals surface area contributed by atoms with Crippen molar-refractivity contribution in [2.45, 2.75) is 31.5 Å². The summed E-state index contributed by atoms with van der Waals surface area (Å²) in [7, 11) is 0. The van der Waals surface area contributed by atoms with Crippen LogP contribution in [0, 0.1) is 0 Å². The fourth-order valence-electron chi connectivity index (χ4n) is 2.98. The molecular formula is C15H22N2O. The molecule has 18 heavy (non-hydrogen) atoms. The second kappa shape index (κ2) is 5.83. The van der Waals surface area contributed by atoms with Gasteiger partial charge in [0.25, 0.3) is 0 Å². The van der Waals surface area contributed by atoms with E-state index in [1.54, 1.807) is 0 Å². The summed E-state index contributed by atoms with van der Waals surface area (Å²) in [6.45, 7) is 5.19. The minimum Gasteiger partial charge on any atom is -0.374 e. The fraction of sp³-hybridized carbons (Fsp3) is 0.600. The van der Waals surface area contributed by atoms with Crippen LogP contribution in [0.1, 0.15) is 18.4 Å². The van der Waals surface area contributed by atoms with Crippen molar-refractivity contribution in [1.29, 1.82) is 0 Å². The third-order valence-electron chi connectivity index (χ3n) is 4.01. The average Bonchev–Trinajstić information content (AvgIpc) is 2.87. The number of hydrogen-bond acceptors (Lipinski definition) is 3. The fourth-order valence-corrected chi connectivity index (χ4v) is 2.98. The summed E-state index contributed by atoms with van der Waals surface area (Å²) in [5.41, 5.74) is 1.34. The molecule has 2 fully saturated rings. The first-order valence-corrected chi connectivity index (χ1v) is 7.02. The van der Waals surface area contributed by atoms with Crippen LogP contribution in [0.3, 0.4) is 0 Å². The summed E-state index contributed by atoms with van der Waals surface area (Å²) in [6.07, 6.45) is 3.03. The summed E-state index contributed by atoms with van der Waals surface area (Å²) in [5, 5.41) is 3.50. The van der Waals surface area contributed by atoms with Gasteiger partial charge in [-0.3, -0.25) is 4.90 Å². The Labute approximate surface area is 109 Å². The normalized spacial score (nSPS) is 28.2. The summed E-state index contributed by atoms with van der Waals surface area (Å²) in [6, 6.07) is 11.2. The Kier molecular flexibility index (Phi) is 3.93. The molecule has 3 heteroatoms. The highest BCUT2D eigenvalue weighted by Gasteiger charge is 2.31.